The minimum atomic E-state index is -3.19. The largest absolute Gasteiger partial charge is 0.368 e. The molecule has 194 valence electrons. The van der Waals surface area contributed by atoms with Crippen molar-refractivity contribution in [3.63, 3.8) is 0 Å². The number of nitrogens with one attached hydrogen (secondary N) is 2. The van der Waals surface area contributed by atoms with E-state index in [9.17, 15) is 17.2 Å². The zero-order chi connectivity index (χ0) is 25.3. The van der Waals surface area contributed by atoms with Crippen LogP contribution in [0.25, 0.3) is 0 Å². The average Bonchev–Trinajstić information content (AvgIpc) is 2.87. The quantitative estimate of drug-likeness (QED) is 0.596. The summed E-state index contributed by atoms with van der Waals surface area (Å²) in [5.41, 5.74) is 2.23. The fourth-order valence-electron chi connectivity index (χ4n) is 4.84. The highest BCUT2D eigenvalue weighted by Gasteiger charge is 2.41. The van der Waals surface area contributed by atoms with Crippen molar-refractivity contribution in [3.05, 3.63) is 47.7 Å². The fraction of sp³-hybridized carbons (Fsp3) is 0.565. The normalized spacial score (nSPS) is 24.6. The van der Waals surface area contributed by atoms with Gasteiger partial charge in [0.2, 0.25) is 10.0 Å². The molecule has 36 heavy (non-hydrogen) atoms. The molecule has 2 saturated heterocycles. The molecule has 0 aromatic carbocycles. The van der Waals surface area contributed by atoms with Crippen molar-refractivity contribution < 1.29 is 17.2 Å². The van der Waals surface area contributed by atoms with Gasteiger partial charge in [0.15, 0.2) is 0 Å². The number of pyridine rings is 1. The van der Waals surface area contributed by atoms with Gasteiger partial charge in [-0.3, -0.25) is 9.98 Å². The van der Waals surface area contributed by atoms with Gasteiger partial charge in [0.05, 0.1) is 23.9 Å². The summed E-state index contributed by atoms with van der Waals surface area (Å²) in [4.78, 5) is 20.3. The number of hydrogen-bond acceptors (Lipinski definition) is 9. The minimum absolute atomic E-state index is 0.0816. The number of hydrogen-bond donors (Lipinski definition) is 2. The van der Waals surface area contributed by atoms with Crippen LogP contribution in [0.5, 0.6) is 0 Å². The lowest BCUT2D eigenvalue weighted by molar-refractivity contribution is -0.0756. The Labute approximate surface area is 209 Å². The van der Waals surface area contributed by atoms with E-state index in [1.807, 2.05) is 12.1 Å². The maximum atomic E-state index is 14.3. The van der Waals surface area contributed by atoms with Crippen LogP contribution in [0.4, 0.5) is 14.6 Å². The molecule has 0 spiro atoms. The van der Waals surface area contributed by atoms with Gasteiger partial charge >= 0.3 is 0 Å². The van der Waals surface area contributed by atoms with Crippen LogP contribution in [-0.2, 0) is 16.4 Å². The van der Waals surface area contributed by atoms with Crippen LogP contribution in [0.2, 0.25) is 0 Å². The number of fused-ring (bicyclic) bond motifs is 1. The van der Waals surface area contributed by atoms with Gasteiger partial charge in [0.1, 0.15) is 17.3 Å². The third kappa shape index (κ3) is 5.32. The molecule has 0 aliphatic carbocycles. The van der Waals surface area contributed by atoms with Crippen LogP contribution in [0.1, 0.15) is 29.4 Å². The zero-order valence-electron chi connectivity index (χ0n) is 20.1. The zero-order valence-corrected chi connectivity index (χ0v) is 20.9. The Morgan fingerprint density at radius 2 is 1.92 bits per heavy atom. The van der Waals surface area contributed by atoms with E-state index in [2.05, 4.69) is 30.5 Å². The first-order chi connectivity index (χ1) is 17.2. The van der Waals surface area contributed by atoms with Gasteiger partial charge in [-0.15, -0.1) is 0 Å². The van der Waals surface area contributed by atoms with Gasteiger partial charge in [0.25, 0.3) is 5.92 Å². The van der Waals surface area contributed by atoms with E-state index >= 15 is 0 Å². The second kappa shape index (κ2) is 9.94. The maximum Gasteiger partial charge on any atom is 0.255 e. The number of alkyl halides is 2. The highest BCUT2D eigenvalue weighted by Crippen LogP contribution is 2.31. The van der Waals surface area contributed by atoms with Gasteiger partial charge in [-0.25, -0.2) is 27.2 Å². The average molecular weight is 521 g/mol. The Bertz CT molecular complexity index is 1220. The van der Waals surface area contributed by atoms with Gasteiger partial charge in [0, 0.05) is 77.2 Å². The molecule has 0 radical (unpaired) electrons. The Morgan fingerprint density at radius 1 is 1.14 bits per heavy atom. The Hall–Kier alpha value is -2.77. The molecule has 5 rings (SSSR count). The predicted molar refractivity (Wildman–Crippen MR) is 132 cm³/mol. The number of halogens is 2. The number of rotatable bonds is 5. The summed E-state index contributed by atoms with van der Waals surface area (Å²) in [6.07, 6.45) is 6.55. The van der Waals surface area contributed by atoms with Crippen molar-refractivity contribution in [1.82, 2.24) is 29.9 Å². The van der Waals surface area contributed by atoms with E-state index in [4.69, 9.17) is 4.99 Å². The molecule has 0 bridgehead atoms. The summed E-state index contributed by atoms with van der Waals surface area (Å²) >= 11 is 0. The van der Waals surface area contributed by atoms with Crippen molar-refractivity contribution >= 4 is 21.7 Å². The van der Waals surface area contributed by atoms with Crippen molar-refractivity contribution in [2.24, 2.45) is 10.9 Å². The SMILES string of the molecule is CS(=O)(=O)N1CCN(c2ccc(C3Cc4nccnc4C(NCC4CNCCC4(F)F)=N3)cn2)CC1. The van der Waals surface area contributed by atoms with Crippen molar-refractivity contribution in [1.29, 1.82) is 0 Å². The summed E-state index contributed by atoms with van der Waals surface area (Å²) < 4.78 is 53.7. The molecular weight excluding hydrogens is 490 g/mol. The topological polar surface area (TPSA) is 116 Å². The number of amidine groups is 1. The molecule has 2 atom stereocenters. The van der Waals surface area contributed by atoms with Gasteiger partial charge in [-0.05, 0) is 11.6 Å². The number of nitrogens with zero attached hydrogens (tertiary/aromatic N) is 6. The molecule has 2 aromatic heterocycles. The molecule has 2 N–H and O–H groups in total. The minimum Gasteiger partial charge on any atom is -0.368 e. The van der Waals surface area contributed by atoms with Crippen molar-refractivity contribution in [2.45, 2.75) is 24.8 Å². The van der Waals surface area contributed by atoms with E-state index < -0.39 is 21.9 Å². The third-order valence-electron chi connectivity index (χ3n) is 7.00. The molecule has 5 heterocycles. The first kappa shape index (κ1) is 24.9. The molecule has 13 heteroatoms. The first-order valence-electron chi connectivity index (χ1n) is 12.1. The lowest BCUT2D eigenvalue weighted by atomic mass is 9.94. The molecular formula is C23H30F2N8O2S. The Morgan fingerprint density at radius 3 is 2.61 bits per heavy atom. The van der Waals surface area contributed by atoms with Gasteiger partial charge in [-0.1, -0.05) is 6.07 Å². The first-order valence-corrected chi connectivity index (χ1v) is 13.9. The number of sulfonamides is 1. The van der Waals surface area contributed by atoms with E-state index in [1.54, 1.807) is 18.6 Å². The standard InChI is InChI=1S/C23H30F2N8O2S/c1-36(34,35)33-10-8-32(9-11-33)20-3-2-16(13-29-20)18-12-19-21(28-7-6-27-19)22(31-18)30-15-17-14-26-5-4-23(17,24)25/h2-3,6-7,13,17-18,26H,4-5,8-12,14-15H2,1H3,(H,30,31). The molecule has 0 saturated carbocycles. The lowest BCUT2D eigenvalue weighted by Crippen LogP contribution is -2.50. The number of aliphatic imine (C=N–C) groups is 1. The molecule has 2 fully saturated rings. The summed E-state index contributed by atoms with van der Waals surface area (Å²) in [6, 6.07) is 3.59. The van der Waals surface area contributed by atoms with Gasteiger partial charge in [-0.2, -0.15) is 4.31 Å². The number of piperazine rings is 1. The van der Waals surface area contributed by atoms with Crippen molar-refractivity contribution in [3.8, 4) is 0 Å². The predicted octanol–water partition coefficient (Wildman–Crippen LogP) is 0.832. The maximum absolute atomic E-state index is 14.3. The molecule has 2 aromatic rings. The van der Waals surface area contributed by atoms with Crippen LogP contribution in [0.3, 0.4) is 0 Å². The van der Waals surface area contributed by atoms with Gasteiger partial charge < -0.3 is 15.5 Å². The molecule has 2 unspecified atom stereocenters. The second-order valence-electron chi connectivity index (χ2n) is 9.44. The highest BCUT2D eigenvalue weighted by molar-refractivity contribution is 7.88. The lowest BCUT2D eigenvalue weighted by Gasteiger charge is -2.34. The number of anilines is 1. The van der Waals surface area contributed by atoms with Crippen LogP contribution in [0, 0.1) is 5.92 Å². The smallest absolute Gasteiger partial charge is 0.255 e. The monoisotopic (exact) mass is 520 g/mol. The molecule has 3 aliphatic rings. The Balaban J connectivity index is 1.30. The third-order valence-corrected chi connectivity index (χ3v) is 8.30. The van der Waals surface area contributed by atoms with Crippen LogP contribution in [-0.4, -0.2) is 91.5 Å². The summed E-state index contributed by atoms with van der Waals surface area (Å²) in [6.45, 7) is 2.63. The fourth-order valence-corrected chi connectivity index (χ4v) is 5.66. The molecule has 3 aliphatic heterocycles. The van der Waals surface area contributed by atoms with Crippen molar-refractivity contribution in [2.75, 3.05) is 57.0 Å². The van der Waals surface area contributed by atoms with E-state index in [0.29, 0.717) is 50.7 Å². The van der Waals surface area contributed by atoms with Crippen LogP contribution < -0.4 is 15.5 Å². The highest BCUT2D eigenvalue weighted by atomic mass is 32.2. The van der Waals surface area contributed by atoms with E-state index in [1.165, 1.54) is 10.6 Å². The van der Waals surface area contributed by atoms with E-state index in [0.717, 1.165) is 17.1 Å². The summed E-state index contributed by atoms with van der Waals surface area (Å²) in [5, 5.41) is 6.17. The summed E-state index contributed by atoms with van der Waals surface area (Å²) in [7, 11) is -3.19. The van der Waals surface area contributed by atoms with Crippen LogP contribution in [0.15, 0.2) is 35.7 Å². The molecule has 10 nitrogen and oxygen atoms in total. The number of piperidine rings is 1. The summed E-state index contributed by atoms with van der Waals surface area (Å²) in [5.74, 6) is -2.32. The van der Waals surface area contributed by atoms with Crippen LogP contribution >= 0.6 is 0 Å². The second-order valence-corrected chi connectivity index (χ2v) is 11.4. The molecule has 0 amide bonds. The number of aromatic nitrogens is 3. The van der Waals surface area contributed by atoms with E-state index in [-0.39, 0.29) is 25.6 Å². The Kier molecular flexibility index (Phi) is 6.88.